The lowest BCUT2D eigenvalue weighted by molar-refractivity contribution is 0.620. The maximum Gasteiger partial charge on any atom is 0.227 e. The highest BCUT2D eigenvalue weighted by atomic mass is 16.3. The molecule has 0 amide bonds. The van der Waals surface area contributed by atoms with Gasteiger partial charge in [0.05, 0.1) is 8.22 Å². The SMILES string of the molecule is [2H]c1c(N(c2ccc(-c3nc4ccccc4o3)cc2)c2ccc3cc(-c4ccc5c(ccc6ccccc65)c4)ccc3c2)c([2H])c2c([2H])c([2H])c(-c3ccc4c(ccc5ccccc54)c3)c([2H])c2c1[2H]. The summed E-state index contributed by atoms with van der Waals surface area (Å²) in [6.07, 6.45) is 0. The van der Waals surface area contributed by atoms with E-state index in [-0.39, 0.29) is 58.3 Å². The van der Waals surface area contributed by atoms with Gasteiger partial charge in [-0.25, -0.2) is 4.98 Å². The van der Waals surface area contributed by atoms with Crippen LogP contribution in [0, 0.1) is 0 Å². The van der Waals surface area contributed by atoms with Gasteiger partial charge in [0.2, 0.25) is 5.89 Å². The summed E-state index contributed by atoms with van der Waals surface area (Å²) in [5.41, 5.74) is 6.30. The van der Waals surface area contributed by atoms with Gasteiger partial charge in [0.25, 0.3) is 0 Å². The van der Waals surface area contributed by atoms with Crippen molar-refractivity contribution in [1.82, 2.24) is 4.98 Å². The summed E-state index contributed by atoms with van der Waals surface area (Å²) in [6.45, 7) is 0. The number of fused-ring (bicyclic) bond motifs is 9. The van der Waals surface area contributed by atoms with Gasteiger partial charge in [-0.2, -0.15) is 0 Å². The Morgan fingerprint density at radius 1 is 0.344 bits per heavy atom. The molecule has 64 heavy (non-hydrogen) atoms. The number of benzene rings is 12. The molecular weight excluding hydrogens is 777 g/mol. The van der Waals surface area contributed by atoms with Gasteiger partial charge in [-0.05, 0) is 172 Å². The van der Waals surface area contributed by atoms with E-state index in [0.29, 0.717) is 28.4 Å². The molecule has 0 atom stereocenters. The fourth-order valence-electron chi connectivity index (χ4n) is 9.19. The molecule has 0 bridgehead atoms. The number of anilines is 3. The Morgan fingerprint density at radius 3 is 1.59 bits per heavy atom. The Labute approximate surface area is 378 Å². The number of rotatable bonds is 6. The molecule has 0 aliphatic rings. The minimum atomic E-state index is -0.297. The zero-order chi connectivity index (χ0) is 47.4. The first-order chi connectivity index (χ1) is 34.2. The molecule has 0 spiro atoms. The molecule has 13 aromatic rings. The summed E-state index contributed by atoms with van der Waals surface area (Å²) in [7, 11) is 0. The van der Waals surface area contributed by atoms with Crippen molar-refractivity contribution in [2.24, 2.45) is 0 Å². The van der Waals surface area contributed by atoms with Gasteiger partial charge in [0.15, 0.2) is 5.58 Å². The molecule has 0 saturated carbocycles. The van der Waals surface area contributed by atoms with Gasteiger partial charge in [-0.1, -0.05) is 146 Å². The standard InChI is InChI=1S/C61H38N2O/c1-3-9-55-39(7-1)13-19-50-35-46(25-31-57(50)55)42-15-17-48-37-53(29-23-44(48)33-42)63(52-27-21-41(22-28-52)61-62-59-11-5-6-12-60(59)64-61)54-30-24-45-34-43(16-18-49(45)38-54)47-26-32-58-51(36-47)20-14-40-8-2-4-10-56(40)58/h1-38H/i15D,17D,23D,29D,33D,37D. The first kappa shape index (κ1) is 30.5. The topological polar surface area (TPSA) is 29.3 Å². The minimum Gasteiger partial charge on any atom is -0.436 e. The molecule has 0 fully saturated rings. The highest BCUT2D eigenvalue weighted by Gasteiger charge is 2.17. The number of aromatic nitrogens is 1. The molecule has 1 aromatic heterocycles. The van der Waals surface area contributed by atoms with Crippen LogP contribution in [0.4, 0.5) is 17.1 Å². The molecule has 0 radical (unpaired) electrons. The maximum atomic E-state index is 9.87. The molecule has 0 N–H and O–H groups in total. The number of hydrogen-bond donors (Lipinski definition) is 0. The lowest BCUT2D eigenvalue weighted by atomic mass is 9.96. The maximum absolute atomic E-state index is 9.87. The van der Waals surface area contributed by atoms with Crippen molar-refractivity contribution >= 4 is 92.8 Å². The van der Waals surface area contributed by atoms with E-state index >= 15 is 0 Å². The minimum absolute atomic E-state index is 0.00691. The van der Waals surface area contributed by atoms with Crippen molar-refractivity contribution < 1.29 is 12.6 Å². The average molecular weight is 821 g/mol. The molecule has 1 heterocycles. The summed E-state index contributed by atoms with van der Waals surface area (Å²) in [5, 5.41) is 10.8. The summed E-state index contributed by atoms with van der Waals surface area (Å²) in [6, 6.07) is 63.2. The van der Waals surface area contributed by atoms with E-state index in [1.807, 2.05) is 109 Å². The van der Waals surface area contributed by atoms with Crippen molar-refractivity contribution in [2.45, 2.75) is 0 Å². The fourth-order valence-corrected chi connectivity index (χ4v) is 9.19. The largest absolute Gasteiger partial charge is 0.436 e. The van der Waals surface area contributed by atoms with Crippen molar-refractivity contribution in [3.05, 3.63) is 230 Å². The van der Waals surface area contributed by atoms with Gasteiger partial charge >= 0.3 is 0 Å². The van der Waals surface area contributed by atoms with E-state index in [9.17, 15) is 8.22 Å². The quantitative estimate of drug-likeness (QED) is 0.157. The first-order valence-corrected chi connectivity index (χ1v) is 21.4. The van der Waals surface area contributed by atoms with Crippen molar-refractivity contribution in [1.29, 1.82) is 0 Å². The van der Waals surface area contributed by atoms with Crippen LogP contribution in [0.5, 0.6) is 0 Å². The second-order valence-electron chi connectivity index (χ2n) is 16.3. The van der Waals surface area contributed by atoms with Crippen LogP contribution < -0.4 is 4.90 Å². The lowest BCUT2D eigenvalue weighted by Gasteiger charge is -2.26. The zero-order valence-corrected chi connectivity index (χ0v) is 34.3. The van der Waals surface area contributed by atoms with Crippen LogP contribution in [-0.4, -0.2) is 4.98 Å². The third-order valence-corrected chi connectivity index (χ3v) is 12.4. The van der Waals surface area contributed by atoms with Crippen molar-refractivity contribution in [2.75, 3.05) is 4.90 Å². The van der Waals surface area contributed by atoms with Crippen LogP contribution in [0.25, 0.3) is 109 Å². The lowest BCUT2D eigenvalue weighted by Crippen LogP contribution is -2.10. The number of hydrogen-bond acceptors (Lipinski definition) is 3. The first-order valence-electron chi connectivity index (χ1n) is 24.4. The monoisotopic (exact) mass is 820 g/mol. The Kier molecular flexibility index (Phi) is 6.93. The van der Waals surface area contributed by atoms with Crippen LogP contribution >= 0.6 is 0 Å². The molecule has 3 nitrogen and oxygen atoms in total. The van der Waals surface area contributed by atoms with Gasteiger partial charge in [0.1, 0.15) is 5.52 Å². The van der Waals surface area contributed by atoms with E-state index < -0.39 is 0 Å². The van der Waals surface area contributed by atoms with E-state index in [0.717, 1.165) is 59.9 Å². The normalized spacial score (nSPS) is 13.1. The van der Waals surface area contributed by atoms with Crippen molar-refractivity contribution in [3.63, 3.8) is 0 Å². The molecule has 0 aliphatic heterocycles. The average Bonchev–Trinajstić information content (AvgIpc) is 3.84. The molecule has 0 saturated heterocycles. The van der Waals surface area contributed by atoms with E-state index in [1.54, 1.807) is 4.90 Å². The highest BCUT2D eigenvalue weighted by molar-refractivity contribution is 6.10. The summed E-state index contributed by atoms with van der Waals surface area (Å²) in [4.78, 5) is 6.47. The van der Waals surface area contributed by atoms with Crippen LogP contribution in [-0.2, 0) is 0 Å². The molecular formula is C61H38N2O. The highest BCUT2D eigenvalue weighted by Crippen LogP contribution is 2.40. The van der Waals surface area contributed by atoms with Crippen LogP contribution in [0.1, 0.15) is 8.22 Å². The summed E-state index contributed by atoms with van der Waals surface area (Å²) < 4.78 is 63.7. The Morgan fingerprint density at radius 2 is 0.859 bits per heavy atom. The predicted octanol–water partition coefficient (Wildman–Crippen LogP) is 17.2. The zero-order valence-electron chi connectivity index (χ0n) is 40.3. The Bertz CT molecular complexity index is 4300. The van der Waals surface area contributed by atoms with Gasteiger partial charge in [-0.3, -0.25) is 0 Å². The Balaban J connectivity index is 0.956. The molecule has 0 unspecified atom stereocenters. The molecule has 13 rings (SSSR count). The van der Waals surface area contributed by atoms with Gasteiger partial charge < -0.3 is 9.32 Å². The van der Waals surface area contributed by atoms with E-state index in [1.165, 1.54) is 16.2 Å². The third-order valence-electron chi connectivity index (χ3n) is 12.4. The molecule has 0 aliphatic carbocycles. The van der Waals surface area contributed by atoms with Crippen molar-refractivity contribution in [3.8, 4) is 33.7 Å². The number of oxazole rings is 1. The fraction of sp³-hybridized carbons (Fsp3) is 0. The van der Waals surface area contributed by atoms with E-state index in [4.69, 9.17) is 9.40 Å². The summed E-state index contributed by atoms with van der Waals surface area (Å²) >= 11 is 0. The second kappa shape index (κ2) is 14.5. The van der Waals surface area contributed by atoms with Crippen LogP contribution in [0.15, 0.2) is 235 Å². The molecule has 12 aromatic carbocycles. The van der Waals surface area contributed by atoms with Crippen LogP contribution in [0.3, 0.4) is 0 Å². The summed E-state index contributed by atoms with van der Waals surface area (Å²) in [5.74, 6) is 0.447. The van der Waals surface area contributed by atoms with Gasteiger partial charge in [-0.15, -0.1) is 0 Å². The Hall–Kier alpha value is -8.53. The predicted molar refractivity (Wildman–Crippen MR) is 270 cm³/mol. The van der Waals surface area contributed by atoms with E-state index in [2.05, 4.69) is 84.9 Å². The smallest absolute Gasteiger partial charge is 0.227 e. The van der Waals surface area contributed by atoms with Crippen LogP contribution in [0.2, 0.25) is 0 Å². The second-order valence-corrected chi connectivity index (χ2v) is 16.3. The number of nitrogens with zero attached hydrogens (tertiary/aromatic N) is 2. The van der Waals surface area contributed by atoms with Gasteiger partial charge in [0, 0.05) is 22.6 Å². The number of para-hydroxylation sites is 2. The molecule has 3 heteroatoms. The molecule has 298 valence electrons. The third kappa shape index (κ3) is 6.17.